The summed E-state index contributed by atoms with van der Waals surface area (Å²) >= 11 is 0. The molecule has 1 unspecified atom stereocenters. The molecule has 2 aromatic carbocycles. The highest BCUT2D eigenvalue weighted by Gasteiger charge is 2.45. The van der Waals surface area contributed by atoms with Crippen LogP contribution in [-0.4, -0.2) is 12.8 Å². The van der Waals surface area contributed by atoms with Crippen LogP contribution in [-0.2, 0) is 5.41 Å². The van der Waals surface area contributed by atoms with Gasteiger partial charge in [-0.25, -0.2) is 0 Å². The van der Waals surface area contributed by atoms with Crippen LogP contribution < -0.4 is 4.74 Å². The van der Waals surface area contributed by atoms with Gasteiger partial charge in [0.1, 0.15) is 12.4 Å². The molecule has 3 heteroatoms. The molecule has 2 aliphatic heterocycles. The van der Waals surface area contributed by atoms with E-state index in [1.165, 1.54) is 0 Å². The molecule has 0 aromatic heterocycles. The van der Waals surface area contributed by atoms with Gasteiger partial charge in [-0.1, -0.05) is 18.2 Å². The Morgan fingerprint density at radius 2 is 2.05 bits per heavy atom. The fourth-order valence-electron chi connectivity index (χ4n) is 2.89. The molecule has 2 heterocycles. The first-order chi connectivity index (χ1) is 9.33. The maximum atomic E-state index is 9.07. The van der Waals surface area contributed by atoms with Crippen LogP contribution in [0, 0.1) is 11.3 Å². The third kappa shape index (κ3) is 1.23. The molecule has 1 spiro atoms. The summed E-state index contributed by atoms with van der Waals surface area (Å²) in [6, 6.07) is 15.8. The molecule has 1 atom stereocenters. The zero-order valence-electron chi connectivity index (χ0n) is 10.1. The summed E-state index contributed by atoms with van der Waals surface area (Å²) in [7, 11) is 0. The lowest BCUT2D eigenvalue weighted by Gasteiger charge is -2.20. The number of fused-ring (bicyclic) bond motifs is 4. The number of hydrogen-bond acceptors (Lipinski definition) is 3. The normalized spacial score (nSPS) is 21.8. The highest BCUT2D eigenvalue weighted by Crippen LogP contribution is 2.48. The third-order valence-electron chi connectivity index (χ3n) is 3.85. The van der Waals surface area contributed by atoms with Crippen LogP contribution in [0.2, 0.25) is 0 Å². The van der Waals surface area contributed by atoms with Gasteiger partial charge in [-0.2, -0.15) is 5.26 Å². The topological polar surface area (TPSA) is 45.4 Å². The molecule has 0 saturated carbocycles. The molecule has 2 aromatic rings. The van der Waals surface area contributed by atoms with Crippen LogP contribution in [0.15, 0.2) is 47.5 Å². The monoisotopic (exact) mass is 246 g/mol. The molecule has 2 aliphatic rings. The van der Waals surface area contributed by atoms with Crippen LogP contribution in [0.25, 0.3) is 0 Å². The van der Waals surface area contributed by atoms with E-state index < -0.39 is 0 Å². The maximum absolute atomic E-state index is 9.07. The fraction of sp³-hybridized carbons (Fsp3) is 0.125. The van der Waals surface area contributed by atoms with Gasteiger partial charge in [0.25, 0.3) is 0 Å². The minimum atomic E-state index is -0.321. The molecule has 0 bridgehead atoms. The van der Waals surface area contributed by atoms with Gasteiger partial charge in [0, 0.05) is 11.8 Å². The van der Waals surface area contributed by atoms with Crippen molar-refractivity contribution in [3.63, 3.8) is 0 Å². The summed E-state index contributed by atoms with van der Waals surface area (Å²) in [4.78, 5) is 4.50. The summed E-state index contributed by atoms with van der Waals surface area (Å²) in [5, 5.41) is 9.07. The Morgan fingerprint density at radius 1 is 1.16 bits per heavy atom. The second-order valence-electron chi connectivity index (χ2n) is 4.86. The molecule has 0 saturated heterocycles. The second-order valence-corrected chi connectivity index (χ2v) is 4.86. The van der Waals surface area contributed by atoms with Crippen molar-refractivity contribution < 1.29 is 4.74 Å². The molecule has 19 heavy (non-hydrogen) atoms. The summed E-state index contributed by atoms with van der Waals surface area (Å²) < 4.78 is 5.79. The van der Waals surface area contributed by atoms with Crippen molar-refractivity contribution in [1.82, 2.24) is 0 Å². The number of nitriles is 1. The summed E-state index contributed by atoms with van der Waals surface area (Å²) in [5.74, 6) is 0.849. The largest absolute Gasteiger partial charge is 0.492 e. The highest BCUT2D eigenvalue weighted by atomic mass is 16.5. The number of ether oxygens (including phenoxy) is 1. The lowest BCUT2D eigenvalue weighted by molar-refractivity contribution is 0.328. The Hall–Kier alpha value is -2.60. The fourth-order valence-corrected chi connectivity index (χ4v) is 2.89. The first kappa shape index (κ1) is 10.3. The molecule has 0 N–H and O–H groups in total. The van der Waals surface area contributed by atoms with Gasteiger partial charge in [-0.05, 0) is 29.8 Å². The Balaban J connectivity index is 1.99. The molecule has 0 aliphatic carbocycles. The Bertz CT molecular complexity index is 758. The van der Waals surface area contributed by atoms with Crippen molar-refractivity contribution >= 4 is 11.9 Å². The van der Waals surface area contributed by atoms with Gasteiger partial charge in [0.15, 0.2) is 0 Å². The van der Waals surface area contributed by atoms with E-state index in [2.05, 4.69) is 17.1 Å². The predicted molar refractivity (Wildman–Crippen MR) is 72.0 cm³/mol. The van der Waals surface area contributed by atoms with E-state index in [9.17, 15) is 0 Å². The molecule has 0 amide bonds. The average molecular weight is 246 g/mol. The maximum Gasteiger partial charge on any atom is 0.124 e. The first-order valence-electron chi connectivity index (χ1n) is 6.16. The summed E-state index contributed by atoms with van der Waals surface area (Å²) in [6.07, 6.45) is 1.95. The molecule has 90 valence electrons. The van der Waals surface area contributed by atoms with Crippen LogP contribution in [0.1, 0.15) is 16.7 Å². The Kier molecular flexibility index (Phi) is 1.88. The van der Waals surface area contributed by atoms with Crippen LogP contribution in [0.5, 0.6) is 5.75 Å². The van der Waals surface area contributed by atoms with E-state index in [1.54, 1.807) is 6.07 Å². The van der Waals surface area contributed by atoms with E-state index in [4.69, 9.17) is 10.00 Å². The quantitative estimate of drug-likeness (QED) is 0.717. The standard InChI is InChI=1S/C16H10N2O/c17-8-11-5-6-15-13(7-11)16(10-19-15)9-18-14-4-2-1-3-12(14)16/h1-7,9H,10H2. The van der Waals surface area contributed by atoms with Gasteiger partial charge in [0.2, 0.25) is 0 Å². The summed E-state index contributed by atoms with van der Waals surface area (Å²) in [5.41, 5.74) is 3.52. The van der Waals surface area contributed by atoms with Crippen LogP contribution in [0.3, 0.4) is 0 Å². The highest BCUT2D eigenvalue weighted by molar-refractivity contribution is 5.91. The van der Waals surface area contributed by atoms with Gasteiger partial charge < -0.3 is 4.74 Å². The average Bonchev–Trinajstić information content (AvgIpc) is 3.03. The first-order valence-corrected chi connectivity index (χ1v) is 6.16. The number of hydrogen-bond donors (Lipinski definition) is 0. The molecular formula is C16H10N2O. The number of rotatable bonds is 0. The predicted octanol–water partition coefficient (Wildman–Crippen LogP) is 2.95. The van der Waals surface area contributed by atoms with Crippen molar-refractivity contribution in [3.05, 3.63) is 59.2 Å². The minimum Gasteiger partial charge on any atom is -0.492 e. The van der Waals surface area contributed by atoms with Crippen molar-refractivity contribution in [2.45, 2.75) is 5.41 Å². The number of benzene rings is 2. The van der Waals surface area contributed by atoms with Crippen LogP contribution >= 0.6 is 0 Å². The molecule has 4 rings (SSSR count). The second kappa shape index (κ2) is 3.46. The number of para-hydroxylation sites is 1. The van der Waals surface area contributed by atoms with E-state index in [-0.39, 0.29) is 5.41 Å². The van der Waals surface area contributed by atoms with Crippen LogP contribution in [0.4, 0.5) is 5.69 Å². The molecular weight excluding hydrogens is 236 g/mol. The van der Waals surface area contributed by atoms with Gasteiger partial charge in [-0.15, -0.1) is 0 Å². The van der Waals surface area contributed by atoms with E-state index in [0.717, 1.165) is 22.6 Å². The summed E-state index contributed by atoms with van der Waals surface area (Å²) in [6.45, 7) is 0.553. The van der Waals surface area contributed by atoms with E-state index in [0.29, 0.717) is 12.2 Å². The lowest BCUT2D eigenvalue weighted by Crippen LogP contribution is -2.28. The minimum absolute atomic E-state index is 0.321. The SMILES string of the molecule is N#Cc1ccc2c(c1)C1(C=Nc3ccccc31)CO2. The number of nitrogens with zero attached hydrogens (tertiary/aromatic N) is 2. The van der Waals surface area contributed by atoms with E-state index >= 15 is 0 Å². The molecule has 3 nitrogen and oxygen atoms in total. The Morgan fingerprint density at radius 3 is 2.95 bits per heavy atom. The Labute approximate surface area is 110 Å². The third-order valence-corrected chi connectivity index (χ3v) is 3.85. The van der Waals surface area contributed by atoms with Gasteiger partial charge in [0.05, 0.1) is 22.7 Å². The van der Waals surface area contributed by atoms with Gasteiger partial charge >= 0.3 is 0 Å². The zero-order chi connectivity index (χ0) is 12.9. The van der Waals surface area contributed by atoms with Crippen molar-refractivity contribution in [3.8, 4) is 11.8 Å². The van der Waals surface area contributed by atoms with Crippen molar-refractivity contribution in [2.75, 3.05) is 6.61 Å². The van der Waals surface area contributed by atoms with Crippen molar-refractivity contribution in [2.24, 2.45) is 4.99 Å². The molecule has 0 radical (unpaired) electrons. The smallest absolute Gasteiger partial charge is 0.124 e. The number of aliphatic imine (C=N–C) groups is 1. The lowest BCUT2D eigenvalue weighted by atomic mass is 9.77. The zero-order valence-corrected chi connectivity index (χ0v) is 10.1. The van der Waals surface area contributed by atoms with Gasteiger partial charge in [-0.3, -0.25) is 4.99 Å². The van der Waals surface area contributed by atoms with Crippen molar-refractivity contribution in [1.29, 1.82) is 5.26 Å². The van der Waals surface area contributed by atoms with E-state index in [1.807, 2.05) is 36.5 Å². The molecule has 0 fully saturated rings.